The number of nitrogens with one attached hydrogen (secondary N) is 1. The second kappa shape index (κ2) is 6.57. The first-order chi connectivity index (χ1) is 11.5. The number of fused-ring (bicyclic) bond motifs is 1. The van der Waals surface area contributed by atoms with Crippen LogP contribution < -0.4 is 10.9 Å². The molecule has 0 unspecified atom stereocenters. The van der Waals surface area contributed by atoms with Crippen LogP contribution in [0.25, 0.3) is 4.96 Å². The Morgan fingerprint density at radius 3 is 2.54 bits per heavy atom. The number of aryl methyl sites for hydroxylation is 3. The molecule has 0 fully saturated rings. The largest absolute Gasteiger partial charge is 0.316 e. The third-order valence-corrected chi connectivity index (χ3v) is 4.92. The van der Waals surface area contributed by atoms with Gasteiger partial charge in [-0.3, -0.25) is 14.0 Å². The van der Waals surface area contributed by atoms with Gasteiger partial charge >= 0.3 is 0 Å². The van der Waals surface area contributed by atoms with E-state index in [4.69, 9.17) is 0 Å². The van der Waals surface area contributed by atoms with Crippen molar-refractivity contribution in [2.75, 3.05) is 5.32 Å². The minimum absolute atomic E-state index is 0.228. The van der Waals surface area contributed by atoms with Gasteiger partial charge in [0.25, 0.3) is 11.5 Å². The summed E-state index contributed by atoms with van der Waals surface area (Å²) < 4.78 is 1.58. The lowest BCUT2D eigenvalue weighted by atomic mass is 10.1. The summed E-state index contributed by atoms with van der Waals surface area (Å²) in [5, 5.41) is 4.66. The predicted octanol–water partition coefficient (Wildman–Crippen LogP) is 3.44. The number of thiazole rings is 1. The molecule has 0 aliphatic carbocycles. The average Bonchev–Trinajstić information content (AvgIpc) is 3.01. The normalized spacial score (nSPS) is 11.0. The number of carbonyl (C=O) groups excluding carboxylic acids is 1. The monoisotopic (exact) mass is 341 g/mol. The van der Waals surface area contributed by atoms with Gasteiger partial charge < -0.3 is 5.32 Å². The van der Waals surface area contributed by atoms with E-state index in [1.165, 1.54) is 11.3 Å². The fourth-order valence-corrected chi connectivity index (χ4v) is 3.58. The molecule has 0 radical (unpaired) electrons. The van der Waals surface area contributed by atoms with Crippen molar-refractivity contribution in [2.24, 2.45) is 0 Å². The molecule has 1 aromatic carbocycles. The Hall–Kier alpha value is -2.47. The van der Waals surface area contributed by atoms with Crippen molar-refractivity contribution in [3.63, 3.8) is 0 Å². The van der Waals surface area contributed by atoms with Gasteiger partial charge in [-0.2, -0.15) is 0 Å². The van der Waals surface area contributed by atoms with Crippen LogP contribution in [0.2, 0.25) is 0 Å². The van der Waals surface area contributed by atoms with Crippen LogP contribution in [0.3, 0.4) is 0 Å². The number of carbonyl (C=O) groups is 1. The highest BCUT2D eigenvalue weighted by Gasteiger charge is 2.16. The van der Waals surface area contributed by atoms with E-state index in [2.05, 4.69) is 17.2 Å². The van der Waals surface area contributed by atoms with Gasteiger partial charge in [0.2, 0.25) is 0 Å². The second-order valence-corrected chi connectivity index (χ2v) is 6.42. The van der Waals surface area contributed by atoms with Gasteiger partial charge in [0.15, 0.2) is 4.96 Å². The van der Waals surface area contributed by atoms with Crippen molar-refractivity contribution in [1.29, 1.82) is 0 Å². The van der Waals surface area contributed by atoms with E-state index < -0.39 is 0 Å². The van der Waals surface area contributed by atoms with Crippen LogP contribution in [0.1, 0.15) is 41.2 Å². The Balaban J connectivity index is 1.99. The first kappa shape index (κ1) is 16.4. The Morgan fingerprint density at radius 1 is 1.21 bits per heavy atom. The molecule has 0 spiro atoms. The molecule has 5 nitrogen and oxygen atoms in total. The van der Waals surface area contributed by atoms with Crippen LogP contribution in [-0.2, 0) is 12.8 Å². The number of aromatic nitrogens is 2. The fraction of sp³-hybridized carbons (Fsp3) is 0.278. The van der Waals surface area contributed by atoms with Crippen LogP contribution in [0.5, 0.6) is 0 Å². The molecule has 2 heterocycles. The van der Waals surface area contributed by atoms with Gasteiger partial charge in [0, 0.05) is 16.6 Å². The Kier molecular flexibility index (Phi) is 4.49. The molecule has 1 amide bonds. The maximum Gasteiger partial charge on any atom is 0.282 e. The average molecular weight is 341 g/mol. The third kappa shape index (κ3) is 2.85. The highest BCUT2D eigenvalue weighted by Crippen LogP contribution is 2.17. The van der Waals surface area contributed by atoms with E-state index in [0.717, 1.165) is 24.1 Å². The van der Waals surface area contributed by atoms with E-state index in [-0.39, 0.29) is 17.2 Å². The van der Waals surface area contributed by atoms with Crippen molar-refractivity contribution < 1.29 is 4.79 Å². The van der Waals surface area contributed by atoms with E-state index in [1.54, 1.807) is 23.5 Å². The lowest BCUT2D eigenvalue weighted by molar-refractivity contribution is 0.102. The molecule has 0 bridgehead atoms. The summed E-state index contributed by atoms with van der Waals surface area (Å²) in [4.78, 5) is 30.3. The molecule has 0 aliphatic rings. The third-order valence-electron chi connectivity index (χ3n) is 4.05. The highest BCUT2D eigenvalue weighted by molar-refractivity contribution is 7.15. The number of rotatable bonds is 4. The zero-order chi connectivity index (χ0) is 17.3. The molecular weight excluding hydrogens is 322 g/mol. The predicted molar refractivity (Wildman–Crippen MR) is 97.2 cm³/mol. The molecule has 3 aromatic rings. The van der Waals surface area contributed by atoms with E-state index in [0.29, 0.717) is 16.2 Å². The number of hydrogen-bond acceptors (Lipinski definition) is 4. The fourth-order valence-electron chi connectivity index (χ4n) is 2.57. The summed E-state index contributed by atoms with van der Waals surface area (Å²) in [5.74, 6) is -0.298. The van der Waals surface area contributed by atoms with Gasteiger partial charge in [-0.05, 0) is 37.5 Å². The van der Waals surface area contributed by atoms with Crippen molar-refractivity contribution in [2.45, 2.75) is 33.6 Å². The molecule has 3 rings (SSSR count). The number of hydrogen-bond donors (Lipinski definition) is 1. The standard InChI is InChI=1S/C18H19N3O2S/c1-4-12-6-8-13(9-7-12)16(22)20-15-11(3)19-18-21(17(15)23)14(5-2)10-24-18/h6-10H,4-5H2,1-3H3,(H,20,22). The lowest BCUT2D eigenvalue weighted by Gasteiger charge is -2.09. The number of anilines is 1. The summed E-state index contributed by atoms with van der Waals surface area (Å²) in [6.45, 7) is 5.79. The summed E-state index contributed by atoms with van der Waals surface area (Å²) in [6.07, 6.45) is 1.65. The molecule has 0 atom stereocenters. The van der Waals surface area contributed by atoms with Crippen molar-refractivity contribution in [3.05, 3.63) is 62.5 Å². The van der Waals surface area contributed by atoms with Gasteiger partial charge in [-0.1, -0.05) is 26.0 Å². The quantitative estimate of drug-likeness (QED) is 0.790. The maximum atomic E-state index is 12.8. The molecule has 124 valence electrons. The number of amides is 1. The maximum absolute atomic E-state index is 12.8. The van der Waals surface area contributed by atoms with Crippen molar-refractivity contribution in [3.8, 4) is 0 Å². The lowest BCUT2D eigenvalue weighted by Crippen LogP contribution is -2.25. The van der Waals surface area contributed by atoms with Gasteiger partial charge in [0.1, 0.15) is 5.69 Å². The first-order valence-electron chi connectivity index (χ1n) is 7.95. The molecular formula is C18H19N3O2S. The van der Waals surface area contributed by atoms with Crippen molar-refractivity contribution >= 4 is 27.9 Å². The zero-order valence-electron chi connectivity index (χ0n) is 13.9. The molecule has 2 aromatic heterocycles. The number of nitrogens with zero attached hydrogens (tertiary/aromatic N) is 2. The van der Waals surface area contributed by atoms with Crippen molar-refractivity contribution in [1.82, 2.24) is 9.38 Å². The van der Waals surface area contributed by atoms with Gasteiger partial charge in [-0.15, -0.1) is 11.3 Å². The minimum atomic E-state index is -0.298. The molecule has 0 aliphatic heterocycles. The Labute approximate surface area is 144 Å². The second-order valence-electron chi connectivity index (χ2n) is 5.58. The van der Waals surface area contributed by atoms with E-state index in [1.807, 2.05) is 24.4 Å². The van der Waals surface area contributed by atoms with Crippen LogP contribution in [0, 0.1) is 6.92 Å². The smallest absolute Gasteiger partial charge is 0.282 e. The van der Waals surface area contributed by atoms with Crippen LogP contribution >= 0.6 is 11.3 Å². The SMILES string of the molecule is CCc1ccc(C(=O)Nc2c(C)nc3scc(CC)n3c2=O)cc1. The van der Waals surface area contributed by atoms with Crippen LogP contribution in [0.15, 0.2) is 34.4 Å². The van der Waals surface area contributed by atoms with E-state index >= 15 is 0 Å². The summed E-state index contributed by atoms with van der Waals surface area (Å²) in [5.41, 5.74) is 3.13. The van der Waals surface area contributed by atoms with Crippen LogP contribution in [-0.4, -0.2) is 15.3 Å². The van der Waals surface area contributed by atoms with Gasteiger partial charge in [0.05, 0.1) is 5.69 Å². The Morgan fingerprint density at radius 2 is 1.92 bits per heavy atom. The summed E-state index contributed by atoms with van der Waals surface area (Å²) >= 11 is 1.43. The summed E-state index contributed by atoms with van der Waals surface area (Å²) in [6, 6.07) is 7.39. The van der Waals surface area contributed by atoms with Gasteiger partial charge in [-0.25, -0.2) is 4.98 Å². The van der Waals surface area contributed by atoms with Crippen LogP contribution in [0.4, 0.5) is 5.69 Å². The molecule has 24 heavy (non-hydrogen) atoms. The topological polar surface area (TPSA) is 63.5 Å². The summed E-state index contributed by atoms with van der Waals surface area (Å²) in [7, 11) is 0. The number of benzene rings is 1. The first-order valence-corrected chi connectivity index (χ1v) is 8.83. The Bertz CT molecular complexity index is 955. The molecule has 1 N–H and O–H groups in total. The van der Waals surface area contributed by atoms with E-state index in [9.17, 15) is 9.59 Å². The minimum Gasteiger partial charge on any atom is -0.316 e. The molecule has 0 saturated carbocycles. The highest BCUT2D eigenvalue weighted by atomic mass is 32.1. The molecule has 6 heteroatoms. The zero-order valence-corrected chi connectivity index (χ0v) is 14.7. The molecule has 0 saturated heterocycles.